The Morgan fingerprint density at radius 1 is 1.38 bits per heavy atom. The summed E-state index contributed by atoms with van der Waals surface area (Å²) >= 11 is 0. The minimum absolute atomic E-state index is 0.0602. The molecule has 0 aromatic heterocycles. The molecular weight excluding hydrogens is 206 g/mol. The van der Waals surface area contributed by atoms with Crippen LogP contribution in [0.15, 0.2) is 0 Å². The number of hydrogen-bond acceptors (Lipinski definition) is 3. The van der Waals surface area contributed by atoms with Gasteiger partial charge in [-0.3, -0.25) is 9.59 Å². The standard InChI is InChI=1S/C11H23N3O2/c1-8(12)5-4-6-9(15)14-7-11(2,3)10(13)16/h8H,4-7,12H2,1-3H3,(H2,13,16)(H,14,15). The SMILES string of the molecule is CC(N)CCCC(=O)NCC(C)(C)C(N)=O. The molecule has 2 amide bonds. The summed E-state index contributed by atoms with van der Waals surface area (Å²) in [5.41, 5.74) is 10.1. The maximum atomic E-state index is 11.4. The molecule has 0 bridgehead atoms. The van der Waals surface area contributed by atoms with E-state index in [0.29, 0.717) is 6.42 Å². The first-order chi connectivity index (χ1) is 7.25. The van der Waals surface area contributed by atoms with Gasteiger partial charge in [0.15, 0.2) is 0 Å². The Kier molecular flexibility index (Phi) is 6.03. The van der Waals surface area contributed by atoms with Crippen molar-refractivity contribution in [3.05, 3.63) is 0 Å². The second-order valence-corrected chi connectivity index (χ2v) is 4.89. The van der Waals surface area contributed by atoms with Crippen molar-refractivity contribution in [2.45, 2.75) is 46.1 Å². The number of nitrogens with two attached hydrogens (primary N) is 2. The van der Waals surface area contributed by atoms with Crippen LogP contribution in [0.5, 0.6) is 0 Å². The van der Waals surface area contributed by atoms with Gasteiger partial charge in [-0.05, 0) is 33.6 Å². The topological polar surface area (TPSA) is 98.2 Å². The summed E-state index contributed by atoms with van der Waals surface area (Å²) in [6.45, 7) is 5.60. The molecule has 1 unspecified atom stereocenters. The number of carbonyl (C=O) groups excluding carboxylic acids is 2. The zero-order valence-electron chi connectivity index (χ0n) is 10.4. The molecule has 0 saturated carbocycles. The molecule has 0 rings (SSSR count). The molecule has 0 spiro atoms. The number of hydrogen-bond donors (Lipinski definition) is 3. The lowest BCUT2D eigenvalue weighted by Crippen LogP contribution is -2.42. The number of nitrogens with one attached hydrogen (secondary N) is 1. The average Bonchev–Trinajstić information content (AvgIpc) is 2.14. The van der Waals surface area contributed by atoms with Crippen molar-refractivity contribution in [3.8, 4) is 0 Å². The summed E-state index contributed by atoms with van der Waals surface area (Å²) in [5, 5.41) is 2.70. The Bertz CT molecular complexity index is 250. The largest absolute Gasteiger partial charge is 0.369 e. The van der Waals surface area contributed by atoms with Crippen LogP contribution in [0.2, 0.25) is 0 Å². The first-order valence-electron chi connectivity index (χ1n) is 5.58. The number of carbonyl (C=O) groups is 2. The maximum Gasteiger partial charge on any atom is 0.224 e. The van der Waals surface area contributed by atoms with Gasteiger partial charge in [0.1, 0.15) is 0 Å². The molecule has 0 aromatic carbocycles. The van der Waals surface area contributed by atoms with E-state index in [2.05, 4.69) is 5.32 Å². The Hall–Kier alpha value is -1.10. The molecule has 0 fully saturated rings. The van der Waals surface area contributed by atoms with Crippen molar-refractivity contribution in [1.29, 1.82) is 0 Å². The molecule has 0 aliphatic rings. The van der Waals surface area contributed by atoms with E-state index in [0.717, 1.165) is 12.8 Å². The molecular formula is C11H23N3O2. The first kappa shape index (κ1) is 14.9. The third-order valence-corrected chi connectivity index (χ3v) is 2.46. The number of rotatable bonds is 7. The van der Waals surface area contributed by atoms with Crippen molar-refractivity contribution < 1.29 is 9.59 Å². The molecule has 0 aliphatic carbocycles. The number of amides is 2. The fraction of sp³-hybridized carbons (Fsp3) is 0.818. The number of primary amides is 1. The second kappa shape index (κ2) is 6.48. The quantitative estimate of drug-likeness (QED) is 0.578. The van der Waals surface area contributed by atoms with Gasteiger partial charge in [-0.1, -0.05) is 0 Å². The third-order valence-electron chi connectivity index (χ3n) is 2.46. The maximum absolute atomic E-state index is 11.4. The van der Waals surface area contributed by atoms with E-state index in [-0.39, 0.29) is 18.5 Å². The van der Waals surface area contributed by atoms with Gasteiger partial charge in [0.05, 0.1) is 5.41 Å². The van der Waals surface area contributed by atoms with Crippen LogP contribution in [0.1, 0.15) is 40.0 Å². The van der Waals surface area contributed by atoms with Crippen LogP contribution in [0.4, 0.5) is 0 Å². The average molecular weight is 229 g/mol. The summed E-state index contributed by atoms with van der Waals surface area (Å²) in [4.78, 5) is 22.4. The van der Waals surface area contributed by atoms with Crippen LogP contribution in [0.3, 0.4) is 0 Å². The van der Waals surface area contributed by atoms with Crippen LogP contribution in [-0.4, -0.2) is 24.4 Å². The van der Waals surface area contributed by atoms with Gasteiger partial charge in [-0.2, -0.15) is 0 Å². The Labute approximate surface area is 96.9 Å². The molecule has 5 heteroatoms. The smallest absolute Gasteiger partial charge is 0.224 e. The molecule has 0 radical (unpaired) electrons. The van der Waals surface area contributed by atoms with Crippen LogP contribution < -0.4 is 16.8 Å². The van der Waals surface area contributed by atoms with Crippen molar-refractivity contribution in [2.24, 2.45) is 16.9 Å². The van der Waals surface area contributed by atoms with E-state index < -0.39 is 11.3 Å². The van der Waals surface area contributed by atoms with Crippen LogP contribution in [-0.2, 0) is 9.59 Å². The molecule has 0 aliphatic heterocycles. The van der Waals surface area contributed by atoms with Gasteiger partial charge < -0.3 is 16.8 Å². The van der Waals surface area contributed by atoms with E-state index >= 15 is 0 Å². The molecule has 1 atom stereocenters. The minimum Gasteiger partial charge on any atom is -0.369 e. The zero-order chi connectivity index (χ0) is 12.8. The predicted octanol–water partition coefficient (Wildman–Crippen LogP) is 0.132. The molecule has 0 heterocycles. The van der Waals surface area contributed by atoms with Crippen molar-refractivity contribution >= 4 is 11.8 Å². The minimum atomic E-state index is -0.698. The third kappa shape index (κ3) is 6.40. The van der Waals surface area contributed by atoms with Gasteiger partial charge in [0, 0.05) is 19.0 Å². The normalized spacial score (nSPS) is 13.2. The van der Waals surface area contributed by atoms with E-state index in [1.807, 2.05) is 6.92 Å². The second-order valence-electron chi connectivity index (χ2n) is 4.89. The van der Waals surface area contributed by atoms with E-state index in [1.54, 1.807) is 13.8 Å². The van der Waals surface area contributed by atoms with Gasteiger partial charge in [0.25, 0.3) is 0 Å². The molecule has 0 saturated heterocycles. The van der Waals surface area contributed by atoms with Crippen molar-refractivity contribution in [3.63, 3.8) is 0 Å². The molecule has 5 N–H and O–H groups in total. The van der Waals surface area contributed by atoms with E-state index in [9.17, 15) is 9.59 Å². The highest BCUT2D eigenvalue weighted by molar-refractivity contribution is 5.82. The fourth-order valence-electron chi connectivity index (χ4n) is 1.08. The van der Waals surface area contributed by atoms with E-state index in [4.69, 9.17) is 11.5 Å². The predicted molar refractivity (Wildman–Crippen MR) is 63.5 cm³/mol. The summed E-state index contributed by atoms with van der Waals surface area (Å²) in [6, 6.07) is 0.120. The Morgan fingerprint density at radius 2 is 1.94 bits per heavy atom. The molecule has 0 aromatic rings. The Morgan fingerprint density at radius 3 is 2.38 bits per heavy atom. The summed E-state index contributed by atoms with van der Waals surface area (Å²) in [7, 11) is 0. The highest BCUT2D eigenvalue weighted by Crippen LogP contribution is 2.11. The summed E-state index contributed by atoms with van der Waals surface area (Å²) in [5.74, 6) is -0.474. The zero-order valence-corrected chi connectivity index (χ0v) is 10.4. The monoisotopic (exact) mass is 229 g/mol. The summed E-state index contributed by atoms with van der Waals surface area (Å²) < 4.78 is 0. The van der Waals surface area contributed by atoms with E-state index in [1.165, 1.54) is 0 Å². The van der Waals surface area contributed by atoms with Crippen molar-refractivity contribution in [1.82, 2.24) is 5.32 Å². The lowest BCUT2D eigenvalue weighted by molar-refractivity contribution is -0.127. The molecule has 94 valence electrons. The van der Waals surface area contributed by atoms with Crippen LogP contribution >= 0.6 is 0 Å². The highest BCUT2D eigenvalue weighted by atomic mass is 16.2. The first-order valence-corrected chi connectivity index (χ1v) is 5.58. The lowest BCUT2D eigenvalue weighted by atomic mass is 9.93. The lowest BCUT2D eigenvalue weighted by Gasteiger charge is -2.20. The highest BCUT2D eigenvalue weighted by Gasteiger charge is 2.25. The van der Waals surface area contributed by atoms with Gasteiger partial charge in [0.2, 0.25) is 11.8 Å². The van der Waals surface area contributed by atoms with Gasteiger partial charge >= 0.3 is 0 Å². The molecule has 16 heavy (non-hydrogen) atoms. The van der Waals surface area contributed by atoms with Crippen LogP contribution in [0, 0.1) is 5.41 Å². The van der Waals surface area contributed by atoms with Crippen LogP contribution in [0.25, 0.3) is 0 Å². The Balaban J connectivity index is 3.77. The summed E-state index contributed by atoms with van der Waals surface area (Å²) in [6.07, 6.45) is 2.03. The molecule has 5 nitrogen and oxygen atoms in total. The van der Waals surface area contributed by atoms with Gasteiger partial charge in [-0.25, -0.2) is 0 Å². The van der Waals surface area contributed by atoms with Gasteiger partial charge in [-0.15, -0.1) is 0 Å². The fourth-order valence-corrected chi connectivity index (χ4v) is 1.08. The van der Waals surface area contributed by atoms with Crippen molar-refractivity contribution in [2.75, 3.05) is 6.54 Å².